The van der Waals surface area contributed by atoms with Crippen molar-refractivity contribution in [1.82, 2.24) is 15.1 Å². The van der Waals surface area contributed by atoms with Crippen molar-refractivity contribution in [2.75, 3.05) is 11.4 Å². The van der Waals surface area contributed by atoms with Crippen molar-refractivity contribution in [2.45, 2.75) is 44.1 Å². The Kier molecular flexibility index (Phi) is 5.34. The van der Waals surface area contributed by atoms with Crippen LogP contribution in [-0.2, 0) is 11.3 Å². The summed E-state index contributed by atoms with van der Waals surface area (Å²) < 4.78 is 7.85. The second-order valence-corrected chi connectivity index (χ2v) is 8.19. The van der Waals surface area contributed by atoms with Crippen LogP contribution in [-0.4, -0.2) is 45.6 Å². The molecule has 1 fully saturated rings. The summed E-state index contributed by atoms with van der Waals surface area (Å²) in [6, 6.07) is 17.8. The number of fused-ring (bicyclic) bond motifs is 1. The Morgan fingerprint density at radius 1 is 1.13 bits per heavy atom. The highest BCUT2D eigenvalue weighted by molar-refractivity contribution is 5.83. The Morgan fingerprint density at radius 2 is 1.97 bits per heavy atom. The van der Waals surface area contributed by atoms with E-state index in [0.717, 1.165) is 36.2 Å². The summed E-state index contributed by atoms with van der Waals surface area (Å²) in [4.78, 5) is 15.1. The molecule has 160 valence electrons. The number of hydrogen-bond acceptors (Lipinski definition) is 5. The van der Waals surface area contributed by atoms with E-state index in [1.54, 1.807) is 6.20 Å². The van der Waals surface area contributed by atoms with Crippen molar-refractivity contribution in [3.8, 4) is 11.4 Å². The molecule has 2 aliphatic rings. The maximum absolute atomic E-state index is 12.9. The van der Waals surface area contributed by atoms with Gasteiger partial charge in [-0.2, -0.15) is 5.10 Å². The van der Waals surface area contributed by atoms with Gasteiger partial charge in [0.15, 0.2) is 6.10 Å². The van der Waals surface area contributed by atoms with Crippen LogP contribution >= 0.6 is 0 Å². The minimum Gasteiger partial charge on any atom is -0.477 e. The number of anilines is 1. The summed E-state index contributed by atoms with van der Waals surface area (Å²) in [6.45, 7) is 1.11. The number of carbonyl (C=O) groups excluding carboxylic acids is 1. The van der Waals surface area contributed by atoms with Crippen LogP contribution in [0.3, 0.4) is 0 Å². The summed E-state index contributed by atoms with van der Waals surface area (Å²) in [5.41, 5.74) is 3.12. The summed E-state index contributed by atoms with van der Waals surface area (Å²) in [6.07, 6.45) is 5.06. The Balaban J connectivity index is 1.33. The molecule has 7 nitrogen and oxygen atoms in total. The molecule has 1 aliphatic carbocycles. The van der Waals surface area contributed by atoms with Gasteiger partial charge in [-0.3, -0.25) is 4.79 Å². The fourth-order valence-corrected chi connectivity index (χ4v) is 4.37. The van der Waals surface area contributed by atoms with Crippen LogP contribution in [0, 0.1) is 0 Å². The molecule has 1 amide bonds. The second-order valence-electron chi connectivity index (χ2n) is 8.19. The number of ether oxygens (including phenoxy) is 1. The van der Waals surface area contributed by atoms with E-state index in [9.17, 15) is 9.90 Å². The molecule has 2 aromatic carbocycles. The molecule has 3 atom stereocenters. The Morgan fingerprint density at radius 3 is 2.71 bits per heavy atom. The number of carbonyl (C=O) groups is 1. The molecule has 3 aromatic rings. The van der Waals surface area contributed by atoms with Crippen LogP contribution in [0.15, 0.2) is 67.0 Å². The van der Waals surface area contributed by atoms with Crippen molar-refractivity contribution in [1.29, 1.82) is 0 Å². The van der Waals surface area contributed by atoms with Crippen LogP contribution in [0.4, 0.5) is 5.69 Å². The zero-order valence-electron chi connectivity index (χ0n) is 17.2. The molecule has 1 aromatic heterocycles. The van der Waals surface area contributed by atoms with Gasteiger partial charge in [-0.05, 0) is 55.2 Å². The van der Waals surface area contributed by atoms with Crippen molar-refractivity contribution in [3.63, 3.8) is 0 Å². The molecule has 3 unspecified atom stereocenters. The normalized spacial score (nSPS) is 22.6. The highest BCUT2D eigenvalue weighted by Gasteiger charge is 2.34. The minimum atomic E-state index is -0.619. The number of para-hydroxylation sites is 2. The summed E-state index contributed by atoms with van der Waals surface area (Å²) >= 11 is 0. The van der Waals surface area contributed by atoms with E-state index in [1.807, 2.05) is 53.3 Å². The molecule has 31 heavy (non-hydrogen) atoms. The lowest BCUT2D eigenvalue weighted by atomic mass is 10.1. The Bertz CT molecular complexity index is 1040. The van der Waals surface area contributed by atoms with Crippen LogP contribution in [0.25, 0.3) is 5.69 Å². The quantitative estimate of drug-likeness (QED) is 0.666. The highest BCUT2D eigenvalue weighted by Crippen LogP contribution is 2.34. The van der Waals surface area contributed by atoms with E-state index in [2.05, 4.69) is 27.4 Å². The smallest absolute Gasteiger partial charge is 0.263 e. The average Bonchev–Trinajstić information content (AvgIpc) is 3.47. The largest absolute Gasteiger partial charge is 0.477 e. The minimum absolute atomic E-state index is 0.167. The maximum Gasteiger partial charge on any atom is 0.263 e. The van der Waals surface area contributed by atoms with Crippen LogP contribution < -0.4 is 15.0 Å². The zero-order valence-corrected chi connectivity index (χ0v) is 17.2. The van der Waals surface area contributed by atoms with Crippen molar-refractivity contribution < 1.29 is 14.6 Å². The third kappa shape index (κ3) is 4.14. The molecule has 0 radical (unpaired) electrons. The van der Waals surface area contributed by atoms with Crippen molar-refractivity contribution in [2.24, 2.45) is 0 Å². The first-order chi connectivity index (χ1) is 15.2. The fraction of sp³-hybridized carbons (Fsp3) is 0.333. The SMILES string of the molecule is O=C(NC1CCCC1O)C1CN(Cc2ccc(-n3cccn3)cc2)c2ccccc2O1. The predicted molar refractivity (Wildman–Crippen MR) is 117 cm³/mol. The predicted octanol–water partition coefficient (Wildman–Crippen LogP) is 2.67. The molecule has 0 bridgehead atoms. The van der Waals surface area contributed by atoms with E-state index < -0.39 is 12.2 Å². The highest BCUT2D eigenvalue weighted by atomic mass is 16.5. The molecular formula is C24H26N4O3. The first-order valence-corrected chi connectivity index (χ1v) is 10.8. The Hall–Kier alpha value is -3.32. The molecule has 0 spiro atoms. The van der Waals surface area contributed by atoms with Gasteiger partial charge in [-0.1, -0.05) is 24.3 Å². The van der Waals surface area contributed by atoms with E-state index in [0.29, 0.717) is 18.8 Å². The standard InChI is InChI=1S/C24H26N4O3/c29-21-7-3-5-19(21)26-24(30)23-16-27(20-6-1-2-8-22(20)31-23)15-17-9-11-18(12-10-17)28-14-4-13-25-28/h1-2,4,6,8-14,19,21,23,29H,3,5,7,15-16H2,(H,26,30). The number of rotatable bonds is 5. The lowest BCUT2D eigenvalue weighted by molar-refractivity contribution is -0.129. The van der Waals surface area contributed by atoms with Gasteiger partial charge in [0.2, 0.25) is 0 Å². The number of amides is 1. The first-order valence-electron chi connectivity index (χ1n) is 10.8. The van der Waals surface area contributed by atoms with Gasteiger partial charge in [-0.25, -0.2) is 4.68 Å². The van der Waals surface area contributed by atoms with Gasteiger partial charge >= 0.3 is 0 Å². The van der Waals surface area contributed by atoms with E-state index in [-0.39, 0.29) is 11.9 Å². The van der Waals surface area contributed by atoms with Gasteiger partial charge in [0.1, 0.15) is 5.75 Å². The van der Waals surface area contributed by atoms with Crippen LogP contribution in [0.5, 0.6) is 5.75 Å². The molecule has 0 saturated heterocycles. The summed E-state index contributed by atoms with van der Waals surface area (Å²) in [5.74, 6) is 0.536. The third-order valence-corrected chi connectivity index (χ3v) is 6.04. The number of nitrogens with one attached hydrogen (secondary N) is 1. The lowest BCUT2D eigenvalue weighted by Gasteiger charge is -2.36. The number of nitrogens with zero attached hydrogens (tertiary/aromatic N) is 3. The first kappa shape index (κ1) is 19.6. The summed E-state index contributed by atoms with van der Waals surface area (Å²) in [5, 5.41) is 17.3. The topological polar surface area (TPSA) is 79.6 Å². The van der Waals surface area contributed by atoms with Crippen LogP contribution in [0.2, 0.25) is 0 Å². The monoisotopic (exact) mass is 418 g/mol. The molecule has 2 N–H and O–H groups in total. The van der Waals surface area contributed by atoms with Crippen LogP contribution in [0.1, 0.15) is 24.8 Å². The number of hydrogen-bond donors (Lipinski definition) is 2. The van der Waals surface area contributed by atoms with Gasteiger partial charge in [0.05, 0.1) is 30.1 Å². The van der Waals surface area contributed by atoms with Gasteiger partial charge < -0.3 is 20.1 Å². The van der Waals surface area contributed by atoms with Gasteiger partial charge in [-0.15, -0.1) is 0 Å². The maximum atomic E-state index is 12.9. The zero-order chi connectivity index (χ0) is 21.2. The van der Waals surface area contributed by atoms with Crippen molar-refractivity contribution >= 4 is 11.6 Å². The summed E-state index contributed by atoms with van der Waals surface area (Å²) in [7, 11) is 0. The lowest BCUT2D eigenvalue weighted by Crippen LogP contribution is -2.52. The molecule has 1 aliphatic heterocycles. The number of aromatic nitrogens is 2. The Labute approximate surface area is 181 Å². The average molecular weight is 418 g/mol. The molecular weight excluding hydrogens is 392 g/mol. The van der Waals surface area contributed by atoms with Crippen molar-refractivity contribution in [3.05, 3.63) is 72.6 Å². The number of aliphatic hydroxyl groups is 1. The number of aliphatic hydroxyl groups excluding tert-OH is 1. The molecule has 1 saturated carbocycles. The van der Waals surface area contributed by atoms with E-state index >= 15 is 0 Å². The molecule has 2 heterocycles. The fourth-order valence-electron chi connectivity index (χ4n) is 4.37. The number of benzene rings is 2. The van der Waals surface area contributed by atoms with Gasteiger partial charge in [0, 0.05) is 18.9 Å². The third-order valence-electron chi connectivity index (χ3n) is 6.04. The second kappa shape index (κ2) is 8.43. The van der Waals surface area contributed by atoms with E-state index in [4.69, 9.17) is 4.74 Å². The molecule has 5 rings (SSSR count). The van der Waals surface area contributed by atoms with E-state index in [1.165, 1.54) is 0 Å². The van der Waals surface area contributed by atoms with Gasteiger partial charge in [0.25, 0.3) is 5.91 Å². The molecule has 7 heteroatoms.